The molecule has 0 aromatic carbocycles. The van der Waals surface area contributed by atoms with Gasteiger partial charge in [-0.3, -0.25) is 0 Å². The number of furan rings is 1. The predicted octanol–water partition coefficient (Wildman–Crippen LogP) is 4.41. The first kappa shape index (κ1) is 14.3. The van der Waals surface area contributed by atoms with Gasteiger partial charge in [0.05, 0.1) is 12.0 Å². The van der Waals surface area contributed by atoms with Crippen molar-refractivity contribution in [2.45, 2.75) is 52.6 Å². The van der Waals surface area contributed by atoms with Crippen LogP contribution in [0.5, 0.6) is 0 Å². The Balaban J connectivity index is 2.21. The fourth-order valence-corrected chi connectivity index (χ4v) is 2.99. The standard InChI is InChI=1S/C15H22N2OS/c1-5-11(4)16-9-13-14(10(2)3)17-15(19-13)12-7-6-8-18-12/h6-8,10-11,16H,5,9H2,1-4H3. The van der Waals surface area contributed by atoms with E-state index in [4.69, 9.17) is 9.40 Å². The first-order valence-corrected chi connectivity index (χ1v) is 7.70. The molecule has 0 aliphatic carbocycles. The normalized spacial score (nSPS) is 13.1. The molecule has 0 saturated carbocycles. The highest BCUT2D eigenvalue weighted by Crippen LogP contribution is 2.32. The monoisotopic (exact) mass is 278 g/mol. The average molecular weight is 278 g/mol. The SMILES string of the molecule is CCC(C)NCc1sc(-c2ccco2)nc1C(C)C. The van der Waals surface area contributed by atoms with Crippen molar-refractivity contribution >= 4 is 11.3 Å². The maximum Gasteiger partial charge on any atom is 0.162 e. The lowest BCUT2D eigenvalue weighted by atomic mass is 10.1. The molecule has 0 aliphatic heterocycles. The number of hydrogen-bond acceptors (Lipinski definition) is 4. The van der Waals surface area contributed by atoms with Crippen molar-refractivity contribution in [3.05, 3.63) is 29.0 Å². The molecular formula is C15H22N2OS. The Morgan fingerprint density at radius 1 is 1.37 bits per heavy atom. The number of rotatable bonds is 6. The molecule has 0 bridgehead atoms. The molecule has 4 heteroatoms. The molecule has 0 saturated heterocycles. The van der Waals surface area contributed by atoms with Crippen molar-refractivity contribution in [3.8, 4) is 10.8 Å². The maximum atomic E-state index is 5.44. The van der Waals surface area contributed by atoms with Crippen molar-refractivity contribution in [2.75, 3.05) is 0 Å². The number of aromatic nitrogens is 1. The lowest BCUT2D eigenvalue weighted by molar-refractivity contribution is 0.534. The first-order valence-electron chi connectivity index (χ1n) is 6.88. The Hall–Kier alpha value is -1.13. The minimum absolute atomic E-state index is 0.439. The minimum Gasteiger partial charge on any atom is -0.462 e. The highest BCUT2D eigenvalue weighted by Gasteiger charge is 2.16. The number of thiazole rings is 1. The lowest BCUT2D eigenvalue weighted by Crippen LogP contribution is -2.24. The van der Waals surface area contributed by atoms with Crippen molar-refractivity contribution in [1.82, 2.24) is 10.3 Å². The van der Waals surface area contributed by atoms with Crippen molar-refractivity contribution in [3.63, 3.8) is 0 Å². The van der Waals surface area contributed by atoms with Crippen molar-refractivity contribution in [2.24, 2.45) is 0 Å². The molecule has 1 N–H and O–H groups in total. The van der Waals surface area contributed by atoms with E-state index in [1.54, 1.807) is 17.6 Å². The number of nitrogens with zero attached hydrogens (tertiary/aromatic N) is 1. The van der Waals surface area contributed by atoms with E-state index >= 15 is 0 Å². The summed E-state index contributed by atoms with van der Waals surface area (Å²) in [7, 11) is 0. The Bertz CT molecular complexity index is 502. The smallest absolute Gasteiger partial charge is 0.162 e. The van der Waals surface area contributed by atoms with E-state index in [1.165, 1.54) is 10.6 Å². The van der Waals surface area contributed by atoms with Crippen LogP contribution in [0.1, 0.15) is 50.6 Å². The molecule has 1 unspecified atom stereocenters. The molecule has 0 fully saturated rings. The fraction of sp³-hybridized carbons (Fsp3) is 0.533. The van der Waals surface area contributed by atoms with Crippen LogP contribution in [0.15, 0.2) is 22.8 Å². The molecule has 2 aromatic heterocycles. The van der Waals surface area contributed by atoms with Gasteiger partial charge < -0.3 is 9.73 Å². The zero-order chi connectivity index (χ0) is 13.8. The molecule has 19 heavy (non-hydrogen) atoms. The van der Waals surface area contributed by atoms with E-state index in [0.717, 1.165) is 23.7 Å². The fourth-order valence-electron chi connectivity index (χ4n) is 1.86. The minimum atomic E-state index is 0.439. The molecule has 0 radical (unpaired) electrons. The summed E-state index contributed by atoms with van der Waals surface area (Å²) >= 11 is 1.73. The van der Waals surface area contributed by atoms with E-state index in [9.17, 15) is 0 Å². The van der Waals surface area contributed by atoms with Crippen LogP contribution < -0.4 is 5.32 Å². The molecule has 0 aliphatic rings. The second-order valence-corrected chi connectivity index (χ2v) is 6.23. The predicted molar refractivity (Wildman–Crippen MR) is 80.5 cm³/mol. The van der Waals surface area contributed by atoms with Gasteiger partial charge in [-0.25, -0.2) is 4.98 Å². The van der Waals surface area contributed by atoms with Crippen molar-refractivity contribution < 1.29 is 4.42 Å². The van der Waals surface area contributed by atoms with E-state index in [-0.39, 0.29) is 0 Å². The van der Waals surface area contributed by atoms with Crippen LogP contribution in [0.4, 0.5) is 0 Å². The second-order valence-electron chi connectivity index (χ2n) is 5.15. The van der Waals surface area contributed by atoms with Crippen LogP contribution in [0.3, 0.4) is 0 Å². The summed E-state index contributed by atoms with van der Waals surface area (Å²) in [5, 5.41) is 4.52. The van der Waals surface area contributed by atoms with Crippen LogP contribution >= 0.6 is 11.3 Å². The van der Waals surface area contributed by atoms with Gasteiger partial charge in [0.15, 0.2) is 10.8 Å². The Labute approximate surface area is 119 Å². The van der Waals surface area contributed by atoms with Crippen LogP contribution in [0, 0.1) is 0 Å². The summed E-state index contributed by atoms with van der Waals surface area (Å²) in [6, 6.07) is 4.41. The molecule has 104 valence electrons. The van der Waals surface area contributed by atoms with Gasteiger partial charge >= 0.3 is 0 Å². The van der Waals surface area contributed by atoms with Gasteiger partial charge in [0, 0.05) is 17.5 Å². The van der Waals surface area contributed by atoms with Crippen molar-refractivity contribution in [1.29, 1.82) is 0 Å². The number of hydrogen-bond donors (Lipinski definition) is 1. The van der Waals surface area contributed by atoms with Gasteiger partial charge in [0.1, 0.15) is 0 Å². The zero-order valence-corrected chi connectivity index (χ0v) is 12.9. The summed E-state index contributed by atoms with van der Waals surface area (Å²) in [6.45, 7) is 9.67. The molecule has 1 atom stereocenters. The van der Waals surface area contributed by atoms with Crippen LogP contribution in [-0.4, -0.2) is 11.0 Å². The Morgan fingerprint density at radius 2 is 2.16 bits per heavy atom. The van der Waals surface area contributed by atoms with Gasteiger partial charge in [-0.15, -0.1) is 11.3 Å². The van der Waals surface area contributed by atoms with E-state index in [2.05, 4.69) is 33.0 Å². The maximum absolute atomic E-state index is 5.44. The highest BCUT2D eigenvalue weighted by molar-refractivity contribution is 7.15. The third kappa shape index (κ3) is 3.45. The summed E-state index contributed by atoms with van der Waals surface area (Å²) in [5.74, 6) is 1.30. The van der Waals surface area contributed by atoms with Gasteiger partial charge in [0.25, 0.3) is 0 Å². The van der Waals surface area contributed by atoms with Gasteiger partial charge in [-0.2, -0.15) is 0 Å². The Kier molecular flexibility index (Phi) is 4.77. The summed E-state index contributed by atoms with van der Waals surface area (Å²) in [4.78, 5) is 6.06. The van der Waals surface area contributed by atoms with Gasteiger partial charge in [-0.1, -0.05) is 20.8 Å². The molecule has 2 heterocycles. The van der Waals surface area contributed by atoms with Gasteiger partial charge in [-0.05, 0) is 31.4 Å². The molecule has 0 amide bonds. The summed E-state index contributed by atoms with van der Waals surface area (Å²) in [6.07, 6.45) is 2.84. The molecule has 2 rings (SSSR count). The van der Waals surface area contributed by atoms with E-state index in [1.807, 2.05) is 12.1 Å². The Morgan fingerprint density at radius 3 is 2.74 bits per heavy atom. The van der Waals surface area contributed by atoms with Crippen LogP contribution in [-0.2, 0) is 6.54 Å². The van der Waals surface area contributed by atoms with Crippen LogP contribution in [0.2, 0.25) is 0 Å². The summed E-state index contributed by atoms with van der Waals surface area (Å²) < 4.78 is 5.44. The summed E-state index contributed by atoms with van der Waals surface area (Å²) in [5.41, 5.74) is 1.19. The molecular weight excluding hydrogens is 256 g/mol. The molecule has 3 nitrogen and oxygen atoms in total. The lowest BCUT2D eigenvalue weighted by Gasteiger charge is -2.11. The van der Waals surface area contributed by atoms with Crippen LogP contribution in [0.25, 0.3) is 10.8 Å². The third-order valence-electron chi connectivity index (χ3n) is 3.23. The molecule has 0 spiro atoms. The third-order valence-corrected chi connectivity index (χ3v) is 4.32. The quantitative estimate of drug-likeness (QED) is 0.850. The average Bonchev–Trinajstić information content (AvgIpc) is 3.03. The largest absolute Gasteiger partial charge is 0.462 e. The first-order chi connectivity index (χ1) is 9.11. The van der Waals surface area contributed by atoms with E-state index < -0.39 is 0 Å². The second kappa shape index (κ2) is 6.35. The van der Waals surface area contributed by atoms with Gasteiger partial charge in [0.2, 0.25) is 0 Å². The topological polar surface area (TPSA) is 38.1 Å². The molecule has 2 aromatic rings. The zero-order valence-electron chi connectivity index (χ0n) is 12.1. The van der Waals surface area contributed by atoms with E-state index in [0.29, 0.717) is 12.0 Å². The number of nitrogens with one attached hydrogen (secondary N) is 1. The highest BCUT2D eigenvalue weighted by atomic mass is 32.1.